The molecule has 0 aliphatic carbocycles. The van der Waals surface area contributed by atoms with Crippen LogP contribution in [-0.4, -0.2) is 54.4 Å². The van der Waals surface area contributed by atoms with Gasteiger partial charge in [0.05, 0.1) is 0 Å². The third-order valence-corrected chi connectivity index (χ3v) is 3.91. The summed E-state index contributed by atoms with van der Waals surface area (Å²) in [5.74, 6) is 0.531. The second-order valence-corrected chi connectivity index (χ2v) is 6.00. The van der Waals surface area contributed by atoms with Gasteiger partial charge in [-0.15, -0.1) is 0 Å². The zero-order valence-corrected chi connectivity index (χ0v) is 13.7. The highest BCUT2D eigenvalue weighted by atomic mass is 16.5. The first-order chi connectivity index (χ1) is 10.4. The summed E-state index contributed by atoms with van der Waals surface area (Å²) in [5, 5.41) is 0. The van der Waals surface area contributed by atoms with Gasteiger partial charge in [0, 0.05) is 20.6 Å². The SMILES string of the molecule is Cc1cccc(OC(C)C(=O)N2CCCC2C(=O)N(C)C)c1. The summed E-state index contributed by atoms with van der Waals surface area (Å²) < 4.78 is 5.74. The maximum Gasteiger partial charge on any atom is 0.264 e. The van der Waals surface area contributed by atoms with Crippen LogP contribution in [0.25, 0.3) is 0 Å². The topological polar surface area (TPSA) is 49.9 Å². The molecule has 1 heterocycles. The fourth-order valence-electron chi connectivity index (χ4n) is 2.76. The number of carbonyl (C=O) groups is 2. The molecule has 1 fully saturated rings. The van der Waals surface area contributed by atoms with E-state index in [0.29, 0.717) is 12.3 Å². The van der Waals surface area contributed by atoms with E-state index in [-0.39, 0.29) is 17.9 Å². The largest absolute Gasteiger partial charge is 0.481 e. The Hall–Kier alpha value is -2.04. The molecule has 2 rings (SSSR count). The average molecular weight is 304 g/mol. The first-order valence-electron chi connectivity index (χ1n) is 7.65. The third kappa shape index (κ3) is 3.59. The molecule has 5 heteroatoms. The Labute approximate surface area is 131 Å². The van der Waals surface area contributed by atoms with Gasteiger partial charge in [0.1, 0.15) is 11.8 Å². The van der Waals surface area contributed by atoms with E-state index in [9.17, 15) is 9.59 Å². The van der Waals surface area contributed by atoms with E-state index in [0.717, 1.165) is 18.4 Å². The van der Waals surface area contributed by atoms with Gasteiger partial charge in [-0.3, -0.25) is 9.59 Å². The number of likely N-dealkylation sites (N-methyl/N-ethyl adjacent to an activating group) is 1. The number of ether oxygens (including phenoxy) is 1. The zero-order valence-electron chi connectivity index (χ0n) is 13.7. The summed E-state index contributed by atoms with van der Waals surface area (Å²) in [6.45, 7) is 4.33. The second-order valence-electron chi connectivity index (χ2n) is 6.00. The van der Waals surface area contributed by atoms with Crippen LogP contribution in [0.3, 0.4) is 0 Å². The molecule has 0 bridgehead atoms. The lowest BCUT2D eigenvalue weighted by Gasteiger charge is -2.28. The molecule has 0 saturated carbocycles. The molecule has 22 heavy (non-hydrogen) atoms. The molecule has 1 saturated heterocycles. The van der Waals surface area contributed by atoms with Crippen molar-refractivity contribution < 1.29 is 14.3 Å². The summed E-state index contributed by atoms with van der Waals surface area (Å²) in [5.41, 5.74) is 1.08. The monoisotopic (exact) mass is 304 g/mol. The number of hydrogen-bond donors (Lipinski definition) is 0. The molecule has 5 nitrogen and oxygen atoms in total. The van der Waals surface area contributed by atoms with Crippen LogP contribution in [0.1, 0.15) is 25.3 Å². The zero-order chi connectivity index (χ0) is 16.3. The quantitative estimate of drug-likeness (QED) is 0.853. The van der Waals surface area contributed by atoms with E-state index in [1.807, 2.05) is 31.2 Å². The maximum atomic E-state index is 12.6. The van der Waals surface area contributed by atoms with Gasteiger partial charge in [-0.25, -0.2) is 0 Å². The van der Waals surface area contributed by atoms with Gasteiger partial charge in [-0.05, 0) is 44.4 Å². The van der Waals surface area contributed by atoms with Gasteiger partial charge in [-0.2, -0.15) is 0 Å². The van der Waals surface area contributed by atoms with Crippen LogP contribution >= 0.6 is 0 Å². The average Bonchev–Trinajstić information content (AvgIpc) is 2.94. The first-order valence-corrected chi connectivity index (χ1v) is 7.65. The van der Waals surface area contributed by atoms with Gasteiger partial charge >= 0.3 is 0 Å². The number of aryl methyl sites for hydroxylation is 1. The third-order valence-electron chi connectivity index (χ3n) is 3.91. The van der Waals surface area contributed by atoms with Crippen molar-refractivity contribution in [3.8, 4) is 5.75 Å². The van der Waals surface area contributed by atoms with Crippen LogP contribution in [0.2, 0.25) is 0 Å². The number of rotatable bonds is 4. The Kier molecular flexibility index (Phi) is 5.06. The van der Waals surface area contributed by atoms with Crippen molar-refractivity contribution in [2.75, 3.05) is 20.6 Å². The standard InChI is InChI=1S/C17H24N2O3/c1-12-7-5-8-14(11-12)22-13(2)16(20)19-10-6-9-15(19)17(21)18(3)4/h5,7-8,11,13,15H,6,9-10H2,1-4H3. The number of benzene rings is 1. The fraction of sp³-hybridized carbons (Fsp3) is 0.529. The summed E-state index contributed by atoms with van der Waals surface area (Å²) in [7, 11) is 3.44. The Morgan fingerprint density at radius 1 is 1.36 bits per heavy atom. The summed E-state index contributed by atoms with van der Waals surface area (Å²) >= 11 is 0. The van der Waals surface area contributed by atoms with E-state index >= 15 is 0 Å². The van der Waals surface area contributed by atoms with Crippen molar-refractivity contribution in [1.82, 2.24) is 9.80 Å². The smallest absolute Gasteiger partial charge is 0.264 e. The first kappa shape index (κ1) is 16.3. The van der Waals surface area contributed by atoms with Gasteiger partial charge in [-0.1, -0.05) is 12.1 Å². The molecule has 0 N–H and O–H groups in total. The molecule has 0 aromatic heterocycles. The molecule has 1 aromatic carbocycles. The number of amides is 2. The van der Waals surface area contributed by atoms with Crippen LogP contribution < -0.4 is 4.74 Å². The molecule has 0 spiro atoms. The number of carbonyl (C=O) groups excluding carboxylic acids is 2. The highest BCUT2D eigenvalue weighted by molar-refractivity contribution is 5.89. The Balaban J connectivity index is 2.05. The minimum absolute atomic E-state index is 0.0198. The molecular weight excluding hydrogens is 280 g/mol. The van der Waals surface area contributed by atoms with Crippen molar-refractivity contribution in [2.45, 2.75) is 38.8 Å². The highest BCUT2D eigenvalue weighted by Gasteiger charge is 2.37. The molecule has 120 valence electrons. The number of hydrogen-bond acceptors (Lipinski definition) is 3. The van der Waals surface area contributed by atoms with Gasteiger partial charge in [0.15, 0.2) is 6.10 Å². The van der Waals surface area contributed by atoms with Crippen LogP contribution in [0.15, 0.2) is 24.3 Å². The molecule has 2 atom stereocenters. The van der Waals surface area contributed by atoms with Gasteiger partial charge in [0.2, 0.25) is 5.91 Å². The van der Waals surface area contributed by atoms with Gasteiger partial charge < -0.3 is 14.5 Å². The Morgan fingerprint density at radius 3 is 2.73 bits per heavy atom. The van der Waals surface area contributed by atoms with E-state index in [2.05, 4.69) is 0 Å². The second kappa shape index (κ2) is 6.81. The molecule has 2 amide bonds. The molecule has 2 unspecified atom stereocenters. The highest BCUT2D eigenvalue weighted by Crippen LogP contribution is 2.21. The lowest BCUT2D eigenvalue weighted by atomic mass is 10.2. The maximum absolute atomic E-state index is 12.6. The minimum atomic E-state index is -0.600. The van der Waals surface area contributed by atoms with Crippen molar-refractivity contribution in [3.63, 3.8) is 0 Å². The van der Waals surface area contributed by atoms with Crippen molar-refractivity contribution in [1.29, 1.82) is 0 Å². The molecule has 1 aliphatic heterocycles. The normalized spacial score (nSPS) is 18.9. The van der Waals surface area contributed by atoms with Crippen LogP contribution in [-0.2, 0) is 9.59 Å². The van der Waals surface area contributed by atoms with E-state index < -0.39 is 6.10 Å². The molecule has 0 radical (unpaired) electrons. The van der Waals surface area contributed by atoms with Crippen molar-refractivity contribution >= 4 is 11.8 Å². The predicted molar refractivity (Wildman–Crippen MR) is 84.7 cm³/mol. The van der Waals surface area contributed by atoms with E-state index in [1.54, 1.807) is 30.8 Å². The van der Waals surface area contributed by atoms with E-state index in [4.69, 9.17) is 4.74 Å². The van der Waals surface area contributed by atoms with E-state index in [1.165, 1.54) is 0 Å². The van der Waals surface area contributed by atoms with Crippen molar-refractivity contribution in [2.24, 2.45) is 0 Å². The molecular formula is C17H24N2O3. The van der Waals surface area contributed by atoms with Crippen LogP contribution in [0.4, 0.5) is 0 Å². The Morgan fingerprint density at radius 2 is 2.09 bits per heavy atom. The minimum Gasteiger partial charge on any atom is -0.481 e. The van der Waals surface area contributed by atoms with Gasteiger partial charge in [0.25, 0.3) is 5.91 Å². The summed E-state index contributed by atoms with van der Waals surface area (Å²) in [6.07, 6.45) is 0.977. The van der Waals surface area contributed by atoms with Crippen molar-refractivity contribution in [3.05, 3.63) is 29.8 Å². The molecule has 1 aromatic rings. The number of likely N-dealkylation sites (tertiary alicyclic amines) is 1. The van der Waals surface area contributed by atoms with Crippen LogP contribution in [0, 0.1) is 6.92 Å². The van der Waals surface area contributed by atoms with Crippen LogP contribution in [0.5, 0.6) is 5.75 Å². The summed E-state index contributed by atoms with van der Waals surface area (Å²) in [4.78, 5) is 28.0. The lowest BCUT2D eigenvalue weighted by molar-refractivity contribution is -0.146. The molecule has 1 aliphatic rings. The summed E-state index contributed by atoms with van der Waals surface area (Å²) in [6, 6.07) is 7.26. The lowest BCUT2D eigenvalue weighted by Crippen LogP contribution is -2.49. The Bertz CT molecular complexity index is 557. The number of nitrogens with zero attached hydrogens (tertiary/aromatic N) is 2. The fourth-order valence-corrected chi connectivity index (χ4v) is 2.76. The predicted octanol–water partition coefficient (Wildman–Crippen LogP) is 1.84.